The van der Waals surface area contributed by atoms with Gasteiger partial charge in [-0.15, -0.1) is 22.7 Å². The second kappa shape index (κ2) is 6.04. The SMILES string of the molecule is Cc1nc(CCNC(C)c2cc3ccccc3s2)cs1. The summed E-state index contributed by atoms with van der Waals surface area (Å²) in [4.78, 5) is 5.90. The van der Waals surface area contributed by atoms with Crippen molar-refractivity contribution in [2.45, 2.75) is 26.3 Å². The van der Waals surface area contributed by atoms with Gasteiger partial charge in [-0.1, -0.05) is 18.2 Å². The first-order valence-corrected chi connectivity index (χ1v) is 8.55. The van der Waals surface area contributed by atoms with Gasteiger partial charge in [-0.05, 0) is 31.4 Å². The number of aromatic nitrogens is 1. The van der Waals surface area contributed by atoms with E-state index < -0.39 is 0 Å². The molecule has 0 bridgehead atoms. The number of rotatable bonds is 5. The van der Waals surface area contributed by atoms with Gasteiger partial charge < -0.3 is 5.32 Å². The fourth-order valence-corrected chi connectivity index (χ4v) is 3.99. The second-order valence-corrected chi connectivity index (χ2v) is 7.15. The molecule has 0 saturated heterocycles. The van der Waals surface area contributed by atoms with E-state index in [1.165, 1.54) is 20.7 Å². The summed E-state index contributed by atoms with van der Waals surface area (Å²) < 4.78 is 1.37. The van der Waals surface area contributed by atoms with E-state index in [2.05, 4.69) is 59.9 Å². The summed E-state index contributed by atoms with van der Waals surface area (Å²) in [7, 11) is 0. The molecular weight excluding hydrogens is 284 g/mol. The number of thiazole rings is 1. The van der Waals surface area contributed by atoms with Gasteiger partial charge >= 0.3 is 0 Å². The van der Waals surface area contributed by atoms with Crippen molar-refractivity contribution < 1.29 is 0 Å². The minimum Gasteiger partial charge on any atom is -0.309 e. The molecule has 3 rings (SSSR count). The first kappa shape index (κ1) is 13.7. The third-order valence-electron chi connectivity index (χ3n) is 3.37. The van der Waals surface area contributed by atoms with Gasteiger partial charge in [-0.2, -0.15) is 0 Å². The van der Waals surface area contributed by atoms with Crippen molar-refractivity contribution in [3.05, 3.63) is 51.3 Å². The molecule has 2 aromatic heterocycles. The van der Waals surface area contributed by atoms with Gasteiger partial charge in [0.15, 0.2) is 0 Å². The maximum atomic E-state index is 4.50. The van der Waals surface area contributed by atoms with Crippen LogP contribution in [0.2, 0.25) is 0 Å². The Bertz CT molecular complexity index is 666. The van der Waals surface area contributed by atoms with Crippen LogP contribution in [-0.2, 0) is 6.42 Å². The molecule has 1 N–H and O–H groups in total. The third-order valence-corrected chi connectivity index (χ3v) is 5.49. The Morgan fingerprint density at radius 3 is 2.90 bits per heavy atom. The Balaban J connectivity index is 1.59. The van der Waals surface area contributed by atoms with Gasteiger partial charge in [0, 0.05) is 34.0 Å². The largest absolute Gasteiger partial charge is 0.309 e. The van der Waals surface area contributed by atoms with Crippen LogP contribution in [0.5, 0.6) is 0 Å². The molecule has 2 nitrogen and oxygen atoms in total. The topological polar surface area (TPSA) is 24.9 Å². The van der Waals surface area contributed by atoms with Crippen molar-refractivity contribution >= 4 is 32.8 Å². The van der Waals surface area contributed by atoms with Crippen molar-refractivity contribution in [1.29, 1.82) is 0 Å². The zero-order valence-corrected chi connectivity index (χ0v) is 13.4. The van der Waals surface area contributed by atoms with Crippen LogP contribution in [0.1, 0.15) is 28.5 Å². The number of nitrogens with one attached hydrogen (secondary N) is 1. The Labute approximate surface area is 127 Å². The van der Waals surface area contributed by atoms with E-state index >= 15 is 0 Å². The molecule has 0 radical (unpaired) electrons. The smallest absolute Gasteiger partial charge is 0.0897 e. The second-order valence-electron chi connectivity index (χ2n) is 4.97. The molecular formula is C16H18N2S2. The summed E-state index contributed by atoms with van der Waals surface area (Å²) in [5.74, 6) is 0. The highest BCUT2D eigenvalue weighted by Crippen LogP contribution is 2.29. The van der Waals surface area contributed by atoms with Crippen molar-refractivity contribution in [2.24, 2.45) is 0 Å². The molecule has 104 valence electrons. The summed E-state index contributed by atoms with van der Waals surface area (Å²) >= 11 is 3.61. The van der Waals surface area contributed by atoms with Crippen LogP contribution in [0.15, 0.2) is 35.7 Å². The van der Waals surface area contributed by atoms with E-state index in [0.29, 0.717) is 6.04 Å². The fourth-order valence-electron chi connectivity index (χ4n) is 2.26. The van der Waals surface area contributed by atoms with Gasteiger partial charge in [0.2, 0.25) is 0 Å². The quantitative estimate of drug-likeness (QED) is 0.747. The van der Waals surface area contributed by atoms with E-state index in [1.54, 1.807) is 11.3 Å². The molecule has 0 amide bonds. The molecule has 4 heteroatoms. The molecule has 0 saturated carbocycles. The predicted octanol–water partition coefficient (Wildman–Crippen LogP) is 4.56. The molecule has 0 aliphatic carbocycles. The molecule has 0 spiro atoms. The lowest BCUT2D eigenvalue weighted by molar-refractivity contribution is 0.582. The standard InChI is InChI=1S/C16H18N2S2/c1-11(17-8-7-14-10-19-12(2)18-14)16-9-13-5-3-4-6-15(13)20-16/h3-6,9-11,17H,7-8H2,1-2H3. The van der Waals surface area contributed by atoms with Crippen LogP contribution in [0, 0.1) is 6.92 Å². The van der Waals surface area contributed by atoms with E-state index in [1.807, 2.05) is 11.3 Å². The predicted molar refractivity (Wildman–Crippen MR) is 88.8 cm³/mol. The molecule has 2 heterocycles. The van der Waals surface area contributed by atoms with E-state index in [4.69, 9.17) is 0 Å². The van der Waals surface area contributed by atoms with Gasteiger partial charge in [0.1, 0.15) is 0 Å². The Morgan fingerprint density at radius 2 is 2.15 bits per heavy atom. The van der Waals surface area contributed by atoms with Gasteiger partial charge in [-0.25, -0.2) is 4.98 Å². The number of benzene rings is 1. The molecule has 0 aliphatic rings. The molecule has 1 unspecified atom stereocenters. The highest BCUT2D eigenvalue weighted by atomic mass is 32.1. The van der Waals surface area contributed by atoms with Gasteiger partial charge in [-0.3, -0.25) is 0 Å². The lowest BCUT2D eigenvalue weighted by atomic mass is 10.2. The molecule has 1 aromatic carbocycles. The maximum absolute atomic E-state index is 4.50. The number of hydrogen-bond donors (Lipinski definition) is 1. The number of hydrogen-bond acceptors (Lipinski definition) is 4. The first-order valence-electron chi connectivity index (χ1n) is 6.85. The highest BCUT2D eigenvalue weighted by Gasteiger charge is 2.09. The zero-order chi connectivity index (χ0) is 13.9. The summed E-state index contributed by atoms with van der Waals surface area (Å²) in [6, 6.07) is 11.3. The lowest BCUT2D eigenvalue weighted by Gasteiger charge is -2.11. The van der Waals surface area contributed by atoms with Gasteiger partial charge in [0.05, 0.1) is 10.7 Å². The van der Waals surface area contributed by atoms with E-state index in [-0.39, 0.29) is 0 Å². The zero-order valence-electron chi connectivity index (χ0n) is 11.7. The average Bonchev–Trinajstić information content (AvgIpc) is 3.04. The molecule has 3 aromatic rings. The Kier molecular flexibility index (Phi) is 4.15. The summed E-state index contributed by atoms with van der Waals surface area (Å²) in [6.45, 7) is 5.26. The van der Waals surface area contributed by atoms with Crippen LogP contribution in [-0.4, -0.2) is 11.5 Å². The molecule has 0 aliphatic heterocycles. The van der Waals surface area contributed by atoms with Crippen LogP contribution in [0.4, 0.5) is 0 Å². The Morgan fingerprint density at radius 1 is 1.30 bits per heavy atom. The van der Waals surface area contributed by atoms with Crippen LogP contribution < -0.4 is 5.32 Å². The minimum absolute atomic E-state index is 0.395. The fraction of sp³-hybridized carbons (Fsp3) is 0.312. The molecule has 0 fully saturated rings. The maximum Gasteiger partial charge on any atom is 0.0897 e. The normalized spacial score (nSPS) is 12.9. The lowest BCUT2D eigenvalue weighted by Crippen LogP contribution is -2.20. The van der Waals surface area contributed by atoms with Gasteiger partial charge in [0.25, 0.3) is 0 Å². The number of fused-ring (bicyclic) bond motifs is 1. The molecule has 1 atom stereocenters. The van der Waals surface area contributed by atoms with Crippen LogP contribution in [0.3, 0.4) is 0 Å². The monoisotopic (exact) mass is 302 g/mol. The van der Waals surface area contributed by atoms with Crippen LogP contribution >= 0.6 is 22.7 Å². The van der Waals surface area contributed by atoms with Crippen molar-refractivity contribution in [2.75, 3.05) is 6.54 Å². The summed E-state index contributed by atoms with van der Waals surface area (Å²) in [6.07, 6.45) is 1.000. The summed E-state index contributed by atoms with van der Waals surface area (Å²) in [5.41, 5.74) is 1.20. The van der Waals surface area contributed by atoms with Crippen molar-refractivity contribution in [3.63, 3.8) is 0 Å². The minimum atomic E-state index is 0.395. The highest BCUT2D eigenvalue weighted by molar-refractivity contribution is 7.19. The number of aryl methyl sites for hydroxylation is 1. The van der Waals surface area contributed by atoms with Crippen LogP contribution in [0.25, 0.3) is 10.1 Å². The summed E-state index contributed by atoms with van der Waals surface area (Å²) in [5, 5.41) is 8.24. The van der Waals surface area contributed by atoms with E-state index in [0.717, 1.165) is 18.0 Å². The average molecular weight is 302 g/mol. The molecule has 20 heavy (non-hydrogen) atoms. The number of thiophene rings is 1. The first-order chi connectivity index (χ1) is 9.72. The number of nitrogens with zero attached hydrogens (tertiary/aromatic N) is 1. The Hall–Kier alpha value is -1.23. The van der Waals surface area contributed by atoms with Crippen molar-refractivity contribution in [1.82, 2.24) is 10.3 Å². The van der Waals surface area contributed by atoms with Crippen molar-refractivity contribution in [3.8, 4) is 0 Å². The third kappa shape index (κ3) is 3.08. The van der Waals surface area contributed by atoms with E-state index in [9.17, 15) is 0 Å².